The van der Waals surface area contributed by atoms with E-state index in [4.69, 9.17) is 23.2 Å². The third kappa shape index (κ3) is 8.37. The topological polar surface area (TPSA) is 118 Å². The first kappa shape index (κ1) is 37.4. The minimum Gasteiger partial charge on any atom is -0.748 e. The maximum absolute atomic E-state index is 12.4. The van der Waals surface area contributed by atoms with Gasteiger partial charge in [0.05, 0.1) is 28.0 Å². The number of halogens is 2. The number of allylic oxidation sites excluding steroid dienone is 4. The number of quaternary nitrogens is 1. The Morgan fingerprint density at radius 2 is 1.72 bits per heavy atom. The molecule has 8 nitrogen and oxygen atoms in total. The molecule has 0 amide bonds. The van der Waals surface area contributed by atoms with Crippen LogP contribution < -0.4 is 60.4 Å². The van der Waals surface area contributed by atoms with Crippen molar-refractivity contribution in [2.24, 2.45) is 0 Å². The average Bonchev–Trinajstić information content (AvgIpc) is 3.48. The Kier molecular flexibility index (Phi) is 12.1. The minimum absolute atomic E-state index is 0. The van der Waals surface area contributed by atoms with Crippen LogP contribution >= 0.6 is 46.3 Å². The largest absolute Gasteiger partial charge is 1.00 e. The Hall–Kier alpha value is -0.884. The summed E-state index contributed by atoms with van der Waals surface area (Å²) in [5.74, 6) is -0.466. The van der Waals surface area contributed by atoms with E-state index in [1.54, 1.807) is 18.2 Å². The first-order chi connectivity index (χ1) is 21.8. The molecule has 0 saturated carbocycles. The van der Waals surface area contributed by atoms with Gasteiger partial charge in [0, 0.05) is 46.5 Å². The molecular weight excluding hydrogens is 747 g/mol. The van der Waals surface area contributed by atoms with E-state index >= 15 is 0 Å². The van der Waals surface area contributed by atoms with Crippen LogP contribution in [0.4, 0.5) is 5.69 Å². The summed E-state index contributed by atoms with van der Waals surface area (Å²) in [4.78, 5) is 0.825. The quantitative estimate of drug-likeness (QED) is 0.0791. The molecule has 0 aliphatic carbocycles. The molecule has 1 spiro atoms. The molecule has 4 aromatic rings. The maximum atomic E-state index is 12.4. The van der Waals surface area contributed by atoms with Gasteiger partial charge in [-0.1, -0.05) is 77.0 Å². The number of aromatic nitrogens is 1. The number of thiazole rings is 1. The summed E-state index contributed by atoms with van der Waals surface area (Å²) in [7, 11) is -8.93. The van der Waals surface area contributed by atoms with Crippen LogP contribution in [0.25, 0.3) is 16.3 Å². The fourth-order valence-electron chi connectivity index (χ4n) is 5.96. The van der Waals surface area contributed by atoms with E-state index in [9.17, 15) is 25.9 Å². The third-order valence-electron chi connectivity index (χ3n) is 8.11. The molecule has 2 unspecified atom stereocenters. The van der Waals surface area contributed by atoms with E-state index in [2.05, 4.69) is 0 Å². The molecule has 2 atom stereocenters. The average molecular weight is 775 g/mol. The second-order valence-electron chi connectivity index (χ2n) is 11.1. The van der Waals surface area contributed by atoms with Gasteiger partial charge in [-0.15, -0.1) is 0 Å². The van der Waals surface area contributed by atoms with Crippen LogP contribution in [0.3, 0.4) is 0 Å². The molecule has 1 saturated heterocycles. The predicted molar refractivity (Wildman–Crippen MR) is 184 cm³/mol. The molecule has 15 heteroatoms. The molecule has 1 fully saturated rings. The van der Waals surface area contributed by atoms with Crippen molar-refractivity contribution in [1.82, 2.24) is 4.48 Å². The zero-order chi connectivity index (χ0) is 32.7. The SMILES string of the molecule is O=S(=O)([O-])CCC[n+]1c(C=CC(=CC=C2Sc3cc(Cl)ccc3[N+]23CCC3S(=O)(=O)[O-])Cc2ccccc2)sc2cc(Cl)ccc21.[K+]. The summed E-state index contributed by atoms with van der Waals surface area (Å²) in [6, 6.07) is 20.7. The Morgan fingerprint density at radius 1 is 1.00 bits per heavy atom. The van der Waals surface area contributed by atoms with Gasteiger partial charge in [-0.25, -0.2) is 21.3 Å². The van der Waals surface area contributed by atoms with Crippen LogP contribution in [0.15, 0.2) is 100 Å². The fraction of sp³-hybridized carbons (Fsp3) is 0.219. The van der Waals surface area contributed by atoms with E-state index in [1.165, 1.54) is 23.1 Å². The van der Waals surface area contributed by atoms with Crippen molar-refractivity contribution < 1.29 is 81.9 Å². The molecule has 1 aromatic heterocycles. The van der Waals surface area contributed by atoms with Gasteiger partial charge < -0.3 is 9.11 Å². The minimum atomic E-state index is -4.58. The zero-order valence-electron chi connectivity index (χ0n) is 25.2. The van der Waals surface area contributed by atoms with Crippen molar-refractivity contribution in [3.8, 4) is 0 Å². The van der Waals surface area contributed by atoms with Crippen molar-refractivity contribution in [2.75, 3.05) is 12.3 Å². The Labute approximate surface area is 335 Å². The van der Waals surface area contributed by atoms with E-state index in [1.807, 2.05) is 77.4 Å². The van der Waals surface area contributed by atoms with Crippen molar-refractivity contribution >= 4 is 88.5 Å². The van der Waals surface area contributed by atoms with Crippen LogP contribution in [0.5, 0.6) is 0 Å². The van der Waals surface area contributed by atoms with E-state index in [0.717, 1.165) is 42.0 Å². The van der Waals surface area contributed by atoms with Gasteiger partial charge in [0.2, 0.25) is 5.52 Å². The van der Waals surface area contributed by atoms with E-state index in [0.29, 0.717) is 29.6 Å². The first-order valence-corrected chi connectivity index (χ1v) is 19.8. The van der Waals surface area contributed by atoms with E-state index < -0.39 is 31.4 Å². The van der Waals surface area contributed by atoms with Crippen LogP contribution in [0.1, 0.15) is 23.4 Å². The Balaban J connectivity index is 0.00000433. The molecule has 0 radical (unpaired) electrons. The Bertz CT molecular complexity index is 2140. The van der Waals surface area contributed by atoms with Gasteiger partial charge in [0.1, 0.15) is 4.70 Å². The maximum Gasteiger partial charge on any atom is 1.00 e. The van der Waals surface area contributed by atoms with Crippen LogP contribution in [-0.4, -0.2) is 43.6 Å². The van der Waals surface area contributed by atoms with Crippen molar-refractivity contribution in [2.45, 2.75) is 36.1 Å². The van der Waals surface area contributed by atoms with Gasteiger partial charge >= 0.3 is 51.4 Å². The summed E-state index contributed by atoms with van der Waals surface area (Å²) in [6.45, 7) is 0.813. The normalized spacial score (nSPS) is 20.6. The number of thioether (sulfide) groups is 1. The molecule has 240 valence electrons. The Morgan fingerprint density at radius 3 is 2.40 bits per heavy atom. The number of nitrogens with zero attached hydrogens (tertiary/aromatic N) is 2. The van der Waals surface area contributed by atoms with Crippen molar-refractivity contribution in [3.63, 3.8) is 0 Å². The van der Waals surface area contributed by atoms with Gasteiger partial charge in [0.15, 0.2) is 32.8 Å². The summed E-state index contributed by atoms with van der Waals surface area (Å²) >= 11 is 15.5. The number of hydrogen-bond donors (Lipinski definition) is 0. The number of fused-ring (bicyclic) bond motifs is 3. The molecule has 0 bridgehead atoms. The smallest absolute Gasteiger partial charge is 0.748 e. The number of rotatable bonds is 10. The first-order valence-electron chi connectivity index (χ1n) is 14.3. The van der Waals surface area contributed by atoms with Crippen LogP contribution in [0, 0.1) is 0 Å². The third-order valence-corrected chi connectivity index (χ3v) is 13.0. The van der Waals surface area contributed by atoms with Crippen LogP contribution in [-0.2, 0) is 33.2 Å². The fourth-order valence-corrected chi connectivity index (χ4v) is 10.6. The summed E-state index contributed by atoms with van der Waals surface area (Å²) in [5.41, 5.74) is 3.61. The molecule has 3 aromatic carbocycles. The molecule has 6 rings (SSSR count). The second kappa shape index (κ2) is 15.2. The van der Waals surface area contributed by atoms with Crippen molar-refractivity contribution in [3.05, 3.63) is 116 Å². The molecule has 2 aliphatic rings. The molecule has 3 heterocycles. The summed E-state index contributed by atoms with van der Waals surface area (Å²) < 4.78 is 73.8. The van der Waals surface area contributed by atoms with Gasteiger partial charge in [-0.3, -0.25) is 0 Å². The van der Waals surface area contributed by atoms with Gasteiger partial charge in [-0.2, -0.15) is 4.57 Å². The standard InChI is InChI=1S/C32H28Cl2N2O6S4.K/c33-24-9-11-26-28(20-24)43-30(35(26)16-4-18-45(37,38)39)13-7-23(19-22-5-2-1-3-6-22)8-14-31-36(17-15-32(36)46(40,41)42)27-12-10-25(34)21-29(27)44-31;/h1-3,5-14,20-21,32H,4,15-19H2;/q;+1. The van der Waals surface area contributed by atoms with Crippen molar-refractivity contribution in [1.29, 1.82) is 0 Å². The predicted octanol–water partition coefficient (Wildman–Crippen LogP) is 3.85. The number of aryl methyl sites for hydroxylation is 1. The second-order valence-corrected chi connectivity index (χ2v) is 17.2. The number of benzene rings is 3. The monoisotopic (exact) mass is 773 g/mol. The van der Waals surface area contributed by atoms with E-state index in [-0.39, 0.29) is 68.7 Å². The zero-order valence-corrected chi connectivity index (χ0v) is 33.1. The number of hydrogen-bond acceptors (Lipinski definition) is 8. The summed E-state index contributed by atoms with van der Waals surface area (Å²) in [6.07, 6.45) is 8.78. The molecule has 0 N–H and O–H groups in total. The molecule has 47 heavy (non-hydrogen) atoms. The molecule has 2 aliphatic heterocycles. The van der Waals surface area contributed by atoms with Gasteiger partial charge in [-0.05, 0) is 53.6 Å². The summed E-state index contributed by atoms with van der Waals surface area (Å²) in [5, 5.41) is 1.57. The van der Waals surface area contributed by atoms with Gasteiger partial charge in [0.25, 0.3) is 5.01 Å². The van der Waals surface area contributed by atoms with Crippen LogP contribution in [0.2, 0.25) is 10.0 Å². The molecular formula is C32H28Cl2KN2O6S4+.